The van der Waals surface area contributed by atoms with E-state index in [0.717, 1.165) is 57.1 Å². The van der Waals surface area contributed by atoms with Crippen LogP contribution in [0.1, 0.15) is 26.2 Å². The van der Waals surface area contributed by atoms with E-state index in [1.807, 2.05) is 24.9 Å². The van der Waals surface area contributed by atoms with Crippen LogP contribution in [0.15, 0.2) is 29.3 Å². The van der Waals surface area contributed by atoms with E-state index in [1.165, 1.54) is 6.07 Å². The van der Waals surface area contributed by atoms with Crippen LogP contribution in [0.2, 0.25) is 0 Å². The van der Waals surface area contributed by atoms with Gasteiger partial charge in [0, 0.05) is 46.0 Å². The van der Waals surface area contributed by atoms with Gasteiger partial charge in [-0.05, 0) is 44.4 Å². The van der Waals surface area contributed by atoms with Crippen molar-refractivity contribution >= 4 is 41.6 Å². The number of halogens is 2. The van der Waals surface area contributed by atoms with E-state index in [-0.39, 0.29) is 41.7 Å². The third kappa shape index (κ3) is 7.44. The van der Waals surface area contributed by atoms with E-state index < -0.39 is 0 Å². The minimum absolute atomic E-state index is 0. The lowest BCUT2D eigenvalue weighted by molar-refractivity contribution is -0.149. The van der Waals surface area contributed by atoms with E-state index >= 15 is 0 Å². The topological polar surface area (TPSA) is 57.2 Å². The molecule has 8 heteroatoms. The Morgan fingerprint density at radius 3 is 2.71 bits per heavy atom. The SMILES string of the molecule is CCOC(=O)C1CCN(C(=NC)NCCCN(C)c2cccc(F)c2)CC1.I. The van der Waals surface area contributed by atoms with Crippen LogP contribution in [-0.4, -0.2) is 63.7 Å². The van der Waals surface area contributed by atoms with E-state index in [9.17, 15) is 9.18 Å². The predicted molar refractivity (Wildman–Crippen MR) is 122 cm³/mol. The molecule has 0 unspecified atom stereocenters. The summed E-state index contributed by atoms with van der Waals surface area (Å²) in [4.78, 5) is 20.4. The monoisotopic (exact) mass is 506 g/mol. The van der Waals surface area contributed by atoms with Crippen molar-refractivity contribution in [2.24, 2.45) is 10.9 Å². The quantitative estimate of drug-likeness (QED) is 0.203. The fraction of sp³-hybridized carbons (Fsp3) is 0.600. The molecule has 0 spiro atoms. The number of guanidine groups is 1. The van der Waals surface area contributed by atoms with Crippen molar-refractivity contribution < 1.29 is 13.9 Å². The first-order chi connectivity index (χ1) is 13.0. The molecule has 0 saturated carbocycles. The van der Waals surface area contributed by atoms with Gasteiger partial charge in [0.05, 0.1) is 12.5 Å². The second-order valence-electron chi connectivity index (χ2n) is 6.74. The summed E-state index contributed by atoms with van der Waals surface area (Å²) in [5.74, 6) is 0.564. The van der Waals surface area contributed by atoms with E-state index in [1.54, 1.807) is 19.2 Å². The molecule has 158 valence electrons. The molecule has 0 bridgehead atoms. The lowest BCUT2D eigenvalue weighted by Crippen LogP contribution is -2.47. The summed E-state index contributed by atoms with van der Waals surface area (Å²) in [5, 5.41) is 3.39. The van der Waals surface area contributed by atoms with Crippen molar-refractivity contribution in [3.05, 3.63) is 30.1 Å². The van der Waals surface area contributed by atoms with E-state index in [0.29, 0.717) is 6.61 Å². The van der Waals surface area contributed by atoms with Gasteiger partial charge >= 0.3 is 5.97 Å². The van der Waals surface area contributed by atoms with Crippen molar-refractivity contribution in [2.45, 2.75) is 26.2 Å². The largest absolute Gasteiger partial charge is 0.466 e. The normalized spacial score (nSPS) is 15.0. The summed E-state index contributed by atoms with van der Waals surface area (Å²) in [5.41, 5.74) is 0.875. The zero-order valence-electron chi connectivity index (χ0n) is 17.0. The Hall–Kier alpha value is -1.58. The Bertz CT molecular complexity index is 636. The Kier molecular flexibility index (Phi) is 11.2. The number of nitrogens with one attached hydrogen (secondary N) is 1. The minimum atomic E-state index is -0.218. The summed E-state index contributed by atoms with van der Waals surface area (Å²) in [6.07, 6.45) is 2.50. The summed E-state index contributed by atoms with van der Waals surface area (Å²) in [6.45, 7) is 5.47. The second-order valence-corrected chi connectivity index (χ2v) is 6.74. The van der Waals surface area contributed by atoms with Gasteiger partial charge in [-0.15, -0.1) is 24.0 Å². The van der Waals surface area contributed by atoms with Crippen LogP contribution < -0.4 is 10.2 Å². The van der Waals surface area contributed by atoms with E-state index in [2.05, 4.69) is 15.2 Å². The number of anilines is 1. The Morgan fingerprint density at radius 2 is 2.11 bits per heavy atom. The number of carbonyl (C=O) groups excluding carboxylic acids is 1. The number of hydrogen-bond donors (Lipinski definition) is 1. The molecule has 1 fully saturated rings. The van der Waals surface area contributed by atoms with Gasteiger partial charge in [-0.1, -0.05) is 6.07 Å². The minimum Gasteiger partial charge on any atom is -0.466 e. The summed E-state index contributed by atoms with van der Waals surface area (Å²) in [7, 11) is 3.74. The van der Waals surface area contributed by atoms with Crippen LogP contribution in [0, 0.1) is 11.7 Å². The highest BCUT2D eigenvalue weighted by Crippen LogP contribution is 2.19. The maximum absolute atomic E-state index is 13.3. The number of piperidine rings is 1. The molecule has 1 saturated heterocycles. The van der Waals surface area contributed by atoms with Gasteiger partial charge in [0.1, 0.15) is 5.82 Å². The van der Waals surface area contributed by atoms with Crippen LogP contribution in [-0.2, 0) is 9.53 Å². The molecule has 1 aliphatic rings. The molecule has 1 aliphatic heterocycles. The average Bonchev–Trinajstić information content (AvgIpc) is 2.68. The van der Waals surface area contributed by atoms with E-state index in [4.69, 9.17) is 4.74 Å². The standard InChI is InChI=1S/C20H31FN4O2.HI/c1-4-27-19(26)16-9-13-25(14-10-16)20(22-2)23-11-6-12-24(3)18-8-5-7-17(21)15-18;/h5,7-8,15-16H,4,6,9-14H2,1-3H3,(H,22,23);1H. The lowest BCUT2D eigenvalue weighted by Gasteiger charge is -2.33. The molecular weight excluding hydrogens is 474 g/mol. The highest BCUT2D eigenvalue weighted by Gasteiger charge is 2.27. The van der Waals surface area contributed by atoms with Gasteiger partial charge in [0.2, 0.25) is 0 Å². The number of nitrogens with zero attached hydrogens (tertiary/aromatic N) is 3. The van der Waals surface area contributed by atoms with Crippen molar-refractivity contribution in [3.63, 3.8) is 0 Å². The molecule has 1 N–H and O–H groups in total. The lowest BCUT2D eigenvalue weighted by atomic mass is 9.97. The third-order valence-electron chi connectivity index (χ3n) is 4.83. The van der Waals surface area contributed by atoms with Crippen LogP contribution in [0.5, 0.6) is 0 Å². The Morgan fingerprint density at radius 1 is 1.39 bits per heavy atom. The fourth-order valence-corrected chi connectivity index (χ4v) is 3.28. The molecule has 28 heavy (non-hydrogen) atoms. The molecule has 0 radical (unpaired) electrons. The predicted octanol–water partition coefficient (Wildman–Crippen LogP) is 3.12. The third-order valence-corrected chi connectivity index (χ3v) is 4.83. The van der Waals surface area contributed by atoms with Crippen molar-refractivity contribution in [2.75, 3.05) is 51.8 Å². The van der Waals surface area contributed by atoms with Crippen molar-refractivity contribution in [3.8, 4) is 0 Å². The fourth-order valence-electron chi connectivity index (χ4n) is 3.28. The number of rotatable bonds is 7. The number of hydrogen-bond acceptors (Lipinski definition) is 4. The van der Waals surface area contributed by atoms with Crippen molar-refractivity contribution in [1.82, 2.24) is 10.2 Å². The summed E-state index contributed by atoms with van der Waals surface area (Å²) < 4.78 is 18.4. The van der Waals surface area contributed by atoms with Crippen molar-refractivity contribution in [1.29, 1.82) is 0 Å². The van der Waals surface area contributed by atoms with Crippen LogP contribution in [0.3, 0.4) is 0 Å². The molecule has 1 aromatic rings. The molecule has 1 aromatic carbocycles. The highest BCUT2D eigenvalue weighted by atomic mass is 127. The second kappa shape index (κ2) is 12.8. The van der Waals surface area contributed by atoms with Gasteiger partial charge in [0.15, 0.2) is 5.96 Å². The van der Waals surface area contributed by atoms with Gasteiger partial charge < -0.3 is 19.9 Å². The number of aliphatic imine (C=N–C) groups is 1. The number of benzene rings is 1. The molecular formula is C20H32FIN4O2. The molecule has 6 nitrogen and oxygen atoms in total. The molecule has 0 atom stereocenters. The number of ether oxygens (including phenoxy) is 1. The zero-order valence-corrected chi connectivity index (χ0v) is 19.3. The van der Waals surface area contributed by atoms with Gasteiger partial charge in [-0.3, -0.25) is 9.79 Å². The Labute approximate surface area is 184 Å². The first-order valence-electron chi connectivity index (χ1n) is 9.64. The average molecular weight is 506 g/mol. The molecule has 0 aromatic heterocycles. The number of likely N-dealkylation sites (tertiary alicyclic amines) is 1. The molecule has 1 heterocycles. The van der Waals surface area contributed by atoms with Crippen LogP contribution >= 0.6 is 24.0 Å². The number of carbonyl (C=O) groups is 1. The van der Waals surface area contributed by atoms with Gasteiger partial charge in [0.25, 0.3) is 0 Å². The van der Waals surface area contributed by atoms with Gasteiger partial charge in [-0.25, -0.2) is 4.39 Å². The first-order valence-corrected chi connectivity index (χ1v) is 9.64. The van der Waals surface area contributed by atoms with Crippen LogP contribution in [0.4, 0.5) is 10.1 Å². The molecule has 0 aliphatic carbocycles. The van der Waals surface area contributed by atoms with Gasteiger partial charge in [-0.2, -0.15) is 0 Å². The Balaban J connectivity index is 0.00000392. The highest BCUT2D eigenvalue weighted by molar-refractivity contribution is 14.0. The maximum atomic E-state index is 13.3. The summed E-state index contributed by atoms with van der Waals surface area (Å²) >= 11 is 0. The zero-order chi connectivity index (χ0) is 19.6. The maximum Gasteiger partial charge on any atom is 0.309 e. The molecule has 2 rings (SSSR count). The van der Waals surface area contributed by atoms with Crippen LogP contribution in [0.25, 0.3) is 0 Å². The summed E-state index contributed by atoms with van der Waals surface area (Å²) in [6, 6.07) is 6.62. The smallest absolute Gasteiger partial charge is 0.309 e. The first kappa shape index (κ1) is 24.5. The number of esters is 1. The molecule has 0 amide bonds.